The van der Waals surface area contributed by atoms with E-state index in [-0.39, 0.29) is 29.9 Å². The maximum absolute atomic E-state index is 12.0. The quantitative estimate of drug-likeness (QED) is 0.192. The molecule has 1 amide bonds. The summed E-state index contributed by atoms with van der Waals surface area (Å²) in [6.45, 7) is 6.14. The van der Waals surface area contributed by atoms with E-state index >= 15 is 0 Å². The van der Waals surface area contributed by atoms with Crippen molar-refractivity contribution in [2.24, 2.45) is 4.99 Å². The molecule has 2 aromatic rings. The molecule has 2 rings (SSSR count). The van der Waals surface area contributed by atoms with Crippen LogP contribution in [0.25, 0.3) is 0 Å². The Morgan fingerprint density at radius 2 is 1.96 bits per heavy atom. The molecule has 0 saturated heterocycles. The number of carbonyl (C=O) groups excluding carboxylic acids is 1. The predicted octanol–water partition coefficient (Wildman–Crippen LogP) is 4.45. The van der Waals surface area contributed by atoms with Crippen LogP contribution in [0.5, 0.6) is 0 Å². The fraction of sp³-hybridized carbons (Fsp3) is 0.421. The summed E-state index contributed by atoms with van der Waals surface area (Å²) in [5, 5.41) is 11.0. The van der Waals surface area contributed by atoms with Crippen molar-refractivity contribution in [3.63, 3.8) is 0 Å². The topological polar surface area (TPSA) is 78.4 Å². The molecule has 0 aliphatic heterocycles. The molecular weight excluding hydrogens is 509 g/mol. The number of hydrogen-bond donors (Lipinski definition) is 3. The van der Waals surface area contributed by atoms with Crippen molar-refractivity contribution < 1.29 is 4.79 Å². The van der Waals surface area contributed by atoms with Crippen LogP contribution in [0.4, 0.5) is 5.69 Å². The van der Waals surface area contributed by atoms with E-state index in [1.807, 2.05) is 13.1 Å². The minimum Gasteiger partial charge on any atom is -0.357 e. The molecule has 0 spiro atoms. The first-order valence-corrected chi connectivity index (χ1v) is 10.3. The fourth-order valence-corrected chi connectivity index (χ4v) is 3.20. The molecule has 0 atom stereocenters. The first-order chi connectivity index (χ1) is 13.1. The maximum Gasteiger partial charge on any atom is 0.224 e. The molecule has 9 heteroatoms. The molecule has 1 heterocycles. The number of thiazole rings is 1. The van der Waals surface area contributed by atoms with Gasteiger partial charge in [-0.25, -0.2) is 9.98 Å². The van der Waals surface area contributed by atoms with Gasteiger partial charge in [-0.15, -0.1) is 35.3 Å². The third kappa shape index (κ3) is 9.20. The van der Waals surface area contributed by atoms with Crippen LogP contribution < -0.4 is 16.0 Å². The number of aryl methyl sites for hydroxylation is 1. The van der Waals surface area contributed by atoms with Crippen LogP contribution in [0.2, 0.25) is 5.02 Å². The van der Waals surface area contributed by atoms with Gasteiger partial charge in [0.25, 0.3) is 0 Å². The van der Waals surface area contributed by atoms with Crippen molar-refractivity contribution in [1.29, 1.82) is 0 Å². The average molecular weight is 536 g/mol. The van der Waals surface area contributed by atoms with E-state index in [2.05, 4.69) is 32.9 Å². The van der Waals surface area contributed by atoms with Gasteiger partial charge in [0.1, 0.15) is 5.01 Å². The highest BCUT2D eigenvalue weighted by Gasteiger charge is 2.04. The van der Waals surface area contributed by atoms with E-state index < -0.39 is 0 Å². The van der Waals surface area contributed by atoms with Crippen molar-refractivity contribution in [3.8, 4) is 0 Å². The van der Waals surface area contributed by atoms with Crippen LogP contribution in [0, 0.1) is 0 Å². The largest absolute Gasteiger partial charge is 0.357 e. The third-order valence-electron chi connectivity index (χ3n) is 3.67. The molecule has 0 bridgehead atoms. The molecule has 0 radical (unpaired) electrons. The Kier molecular flexibility index (Phi) is 12.1. The molecule has 0 aliphatic rings. The lowest BCUT2D eigenvalue weighted by Gasteiger charge is -2.11. The van der Waals surface area contributed by atoms with Crippen LogP contribution in [-0.4, -0.2) is 29.9 Å². The standard InChI is InChI=1S/C19H26ClN5OS.HI/c1-3-16-12-23-18(27-16)13-24-19(21-4-2)22-11-5-6-17(26)25-15-9-7-14(20)8-10-15;/h7-10,12H,3-6,11,13H2,1-2H3,(H,25,26)(H2,21,22,24);1H. The smallest absolute Gasteiger partial charge is 0.224 e. The predicted molar refractivity (Wildman–Crippen MR) is 129 cm³/mol. The number of rotatable bonds is 9. The third-order valence-corrected chi connectivity index (χ3v) is 5.05. The Hall–Kier alpha value is -1.39. The van der Waals surface area contributed by atoms with E-state index in [4.69, 9.17) is 11.6 Å². The van der Waals surface area contributed by atoms with E-state index in [0.29, 0.717) is 31.0 Å². The molecular formula is C19H27ClIN5OS. The Labute approximate surface area is 192 Å². The van der Waals surface area contributed by atoms with E-state index in [0.717, 1.165) is 29.6 Å². The second kappa shape index (κ2) is 13.7. The minimum atomic E-state index is -0.0176. The van der Waals surface area contributed by atoms with Gasteiger partial charge in [0, 0.05) is 41.3 Å². The van der Waals surface area contributed by atoms with Crippen LogP contribution in [0.1, 0.15) is 36.6 Å². The van der Waals surface area contributed by atoms with E-state index in [1.165, 1.54) is 4.88 Å². The number of guanidine groups is 1. The summed E-state index contributed by atoms with van der Waals surface area (Å²) < 4.78 is 0. The Bertz CT molecular complexity index is 751. The van der Waals surface area contributed by atoms with Crippen molar-refractivity contribution in [1.82, 2.24) is 15.6 Å². The normalized spacial score (nSPS) is 10.9. The molecule has 28 heavy (non-hydrogen) atoms. The van der Waals surface area contributed by atoms with Gasteiger partial charge in [0.2, 0.25) is 5.91 Å². The fourth-order valence-electron chi connectivity index (χ4n) is 2.29. The number of nitrogens with one attached hydrogen (secondary N) is 3. The molecule has 3 N–H and O–H groups in total. The van der Waals surface area contributed by atoms with Gasteiger partial charge in [-0.1, -0.05) is 18.5 Å². The van der Waals surface area contributed by atoms with Gasteiger partial charge in [0.05, 0.1) is 6.54 Å². The second-order valence-electron chi connectivity index (χ2n) is 5.85. The number of aliphatic imine (C=N–C) groups is 1. The van der Waals surface area contributed by atoms with Crippen molar-refractivity contribution >= 4 is 64.5 Å². The maximum atomic E-state index is 12.0. The van der Waals surface area contributed by atoms with Crippen molar-refractivity contribution in [2.45, 2.75) is 39.7 Å². The number of aromatic nitrogens is 1. The first kappa shape index (κ1) is 24.6. The van der Waals surface area contributed by atoms with E-state index in [1.54, 1.807) is 35.6 Å². The summed E-state index contributed by atoms with van der Waals surface area (Å²) in [4.78, 5) is 22.2. The Balaban J connectivity index is 0.00000392. The van der Waals surface area contributed by atoms with Crippen molar-refractivity contribution in [2.75, 3.05) is 18.4 Å². The second-order valence-corrected chi connectivity index (χ2v) is 7.49. The van der Waals surface area contributed by atoms with Crippen LogP contribution in [-0.2, 0) is 17.8 Å². The Morgan fingerprint density at radius 3 is 2.61 bits per heavy atom. The summed E-state index contributed by atoms with van der Waals surface area (Å²) in [6, 6.07) is 7.08. The molecule has 1 aromatic carbocycles. The molecule has 6 nitrogen and oxygen atoms in total. The molecule has 0 fully saturated rings. The minimum absolute atomic E-state index is 0. The van der Waals surface area contributed by atoms with Gasteiger partial charge in [-0.05, 0) is 44.0 Å². The number of amides is 1. The van der Waals surface area contributed by atoms with Gasteiger partial charge in [-0.2, -0.15) is 0 Å². The number of hydrogen-bond acceptors (Lipinski definition) is 4. The number of anilines is 1. The first-order valence-electron chi connectivity index (χ1n) is 9.12. The SMILES string of the molecule is CCNC(=NCc1ncc(CC)s1)NCCCC(=O)Nc1ccc(Cl)cc1.I. The number of carbonyl (C=O) groups is 1. The Morgan fingerprint density at radius 1 is 1.21 bits per heavy atom. The summed E-state index contributed by atoms with van der Waals surface area (Å²) in [5.41, 5.74) is 0.752. The van der Waals surface area contributed by atoms with Crippen LogP contribution in [0.15, 0.2) is 35.5 Å². The number of benzene rings is 1. The van der Waals surface area contributed by atoms with Crippen LogP contribution in [0.3, 0.4) is 0 Å². The van der Waals surface area contributed by atoms with E-state index in [9.17, 15) is 4.79 Å². The van der Waals surface area contributed by atoms with Gasteiger partial charge in [-0.3, -0.25) is 4.79 Å². The van der Waals surface area contributed by atoms with Crippen LogP contribution >= 0.6 is 46.9 Å². The average Bonchev–Trinajstić information content (AvgIpc) is 3.13. The molecule has 0 saturated carbocycles. The zero-order valence-electron chi connectivity index (χ0n) is 16.1. The highest BCUT2D eigenvalue weighted by Crippen LogP contribution is 2.14. The van der Waals surface area contributed by atoms with Gasteiger partial charge < -0.3 is 16.0 Å². The lowest BCUT2D eigenvalue weighted by Crippen LogP contribution is -2.38. The highest BCUT2D eigenvalue weighted by molar-refractivity contribution is 14.0. The van der Waals surface area contributed by atoms with Gasteiger partial charge in [0.15, 0.2) is 5.96 Å². The lowest BCUT2D eigenvalue weighted by molar-refractivity contribution is -0.116. The number of nitrogens with zero attached hydrogens (tertiary/aromatic N) is 2. The van der Waals surface area contributed by atoms with Gasteiger partial charge >= 0.3 is 0 Å². The summed E-state index contributed by atoms with van der Waals surface area (Å²) in [5.74, 6) is 0.722. The molecule has 154 valence electrons. The number of halogens is 2. The highest BCUT2D eigenvalue weighted by atomic mass is 127. The summed E-state index contributed by atoms with van der Waals surface area (Å²) >= 11 is 7.53. The van der Waals surface area contributed by atoms with Crippen molar-refractivity contribution in [3.05, 3.63) is 45.4 Å². The molecule has 0 aliphatic carbocycles. The monoisotopic (exact) mass is 535 g/mol. The molecule has 0 unspecified atom stereocenters. The summed E-state index contributed by atoms with van der Waals surface area (Å²) in [6.07, 6.45) is 4.05. The zero-order valence-corrected chi connectivity index (χ0v) is 20.0. The summed E-state index contributed by atoms with van der Waals surface area (Å²) in [7, 11) is 0. The zero-order chi connectivity index (χ0) is 19.5. The lowest BCUT2D eigenvalue weighted by atomic mass is 10.2. The molecule has 1 aromatic heterocycles.